The minimum absolute atomic E-state index is 0.0474. The van der Waals surface area contributed by atoms with Crippen LogP contribution in [0.4, 0.5) is 4.39 Å². The van der Waals surface area contributed by atoms with Crippen LogP contribution < -0.4 is 4.74 Å². The Kier molecular flexibility index (Phi) is 5.07. The number of likely N-dealkylation sites (tertiary alicyclic amines) is 1. The van der Waals surface area contributed by atoms with Crippen LogP contribution in [0, 0.1) is 19.7 Å². The summed E-state index contributed by atoms with van der Waals surface area (Å²) in [5.74, 6) is -0.184. The molecule has 0 saturated carbocycles. The van der Waals surface area contributed by atoms with Gasteiger partial charge in [0.05, 0.1) is 19.6 Å². The highest BCUT2D eigenvalue weighted by Gasteiger charge is 2.30. The Morgan fingerprint density at radius 2 is 1.92 bits per heavy atom. The summed E-state index contributed by atoms with van der Waals surface area (Å²) >= 11 is 0. The fraction of sp³-hybridized carbons (Fsp3) is 0.381. The lowest BCUT2D eigenvalue weighted by molar-refractivity contribution is -0.131. The highest BCUT2D eigenvalue weighted by atomic mass is 19.1. The number of amides is 1. The maximum atomic E-state index is 13.9. The summed E-state index contributed by atoms with van der Waals surface area (Å²) in [7, 11) is 1.43. The third-order valence-electron chi connectivity index (χ3n) is 4.77. The molecule has 1 atom stereocenters. The van der Waals surface area contributed by atoms with Crippen molar-refractivity contribution in [3.63, 3.8) is 0 Å². The van der Waals surface area contributed by atoms with E-state index in [2.05, 4.69) is 32.0 Å². The number of hydrogen-bond acceptors (Lipinski definition) is 2. The van der Waals surface area contributed by atoms with Crippen molar-refractivity contribution in [1.82, 2.24) is 4.90 Å². The molecular formula is C21H24FNO2. The average Bonchev–Trinajstić information content (AvgIpc) is 3.04. The van der Waals surface area contributed by atoms with Gasteiger partial charge in [0.25, 0.3) is 0 Å². The number of ether oxygens (including phenoxy) is 1. The Bertz CT molecular complexity index is 767. The van der Waals surface area contributed by atoms with Gasteiger partial charge in [-0.15, -0.1) is 0 Å². The van der Waals surface area contributed by atoms with Gasteiger partial charge in [0.1, 0.15) is 0 Å². The maximum absolute atomic E-state index is 13.9. The van der Waals surface area contributed by atoms with E-state index < -0.39 is 5.82 Å². The monoisotopic (exact) mass is 341 g/mol. The zero-order valence-electron chi connectivity index (χ0n) is 15.0. The molecule has 0 spiro atoms. The van der Waals surface area contributed by atoms with Crippen molar-refractivity contribution < 1.29 is 13.9 Å². The molecule has 3 nitrogen and oxygen atoms in total. The summed E-state index contributed by atoms with van der Waals surface area (Å²) in [5, 5.41) is 0. The number of methoxy groups -OCH3 is 1. The Balaban J connectivity index is 1.77. The molecule has 3 rings (SSSR count). The molecule has 0 aromatic heterocycles. The molecule has 0 N–H and O–H groups in total. The molecule has 1 amide bonds. The SMILES string of the molecule is COc1ccc(CC(=O)N2CCCC2c2cc(C)cc(C)c2)cc1F. The van der Waals surface area contributed by atoms with Crippen LogP contribution >= 0.6 is 0 Å². The third-order valence-corrected chi connectivity index (χ3v) is 4.77. The topological polar surface area (TPSA) is 29.5 Å². The molecule has 132 valence electrons. The molecule has 0 aliphatic carbocycles. The first kappa shape index (κ1) is 17.5. The Morgan fingerprint density at radius 1 is 1.20 bits per heavy atom. The number of nitrogens with zero attached hydrogens (tertiary/aromatic N) is 1. The van der Waals surface area contributed by atoms with Gasteiger partial charge in [0, 0.05) is 6.54 Å². The molecule has 2 aromatic rings. The predicted octanol–water partition coefficient (Wildman–Crippen LogP) is 4.36. The van der Waals surface area contributed by atoms with Gasteiger partial charge in [0.15, 0.2) is 11.6 Å². The molecule has 1 heterocycles. The zero-order chi connectivity index (χ0) is 18.0. The van der Waals surface area contributed by atoms with Gasteiger partial charge in [-0.05, 0) is 49.9 Å². The molecular weight excluding hydrogens is 317 g/mol. The fourth-order valence-electron chi connectivity index (χ4n) is 3.71. The molecule has 0 bridgehead atoms. The van der Waals surface area contributed by atoms with Gasteiger partial charge >= 0.3 is 0 Å². The van der Waals surface area contributed by atoms with Crippen LogP contribution in [-0.4, -0.2) is 24.5 Å². The molecule has 1 fully saturated rings. The van der Waals surface area contributed by atoms with Gasteiger partial charge in [0.2, 0.25) is 5.91 Å². The number of benzene rings is 2. The second-order valence-corrected chi connectivity index (χ2v) is 6.81. The van der Waals surface area contributed by atoms with Crippen LogP contribution in [0.25, 0.3) is 0 Å². The molecule has 0 radical (unpaired) electrons. The minimum atomic E-state index is -0.430. The highest BCUT2D eigenvalue weighted by molar-refractivity contribution is 5.79. The highest BCUT2D eigenvalue weighted by Crippen LogP contribution is 2.33. The van der Waals surface area contributed by atoms with Crippen molar-refractivity contribution in [2.45, 2.75) is 39.2 Å². The number of aryl methyl sites for hydroxylation is 2. The maximum Gasteiger partial charge on any atom is 0.227 e. The second kappa shape index (κ2) is 7.26. The van der Waals surface area contributed by atoms with E-state index in [1.807, 2.05) is 4.90 Å². The fourth-order valence-corrected chi connectivity index (χ4v) is 3.71. The van der Waals surface area contributed by atoms with Gasteiger partial charge in [-0.1, -0.05) is 35.4 Å². The number of halogens is 1. The van der Waals surface area contributed by atoms with Crippen LogP contribution in [0.1, 0.15) is 41.1 Å². The minimum Gasteiger partial charge on any atom is -0.494 e. The molecule has 2 aromatic carbocycles. The van der Waals surface area contributed by atoms with Gasteiger partial charge in [-0.25, -0.2) is 4.39 Å². The summed E-state index contributed by atoms with van der Waals surface area (Å²) in [6.07, 6.45) is 2.19. The van der Waals surface area contributed by atoms with Crippen LogP contribution in [0.3, 0.4) is 0 Å². The molecule has 1 saturated heterocycles. The molecule has 25 heavy (non-hydrogen) atoms. The summed E-state index contributed by atoms with van der Waals surface area (Å²) in [6.45, 7) is 4.92. The Labute approximate surface area is 148 Å². The van der Waals surface area contributed by atoms with E-state index in [4.69, 9.17) is 4.74 Å². The number of carbonyl (C=O) groups excluding carboxylic acids is 1. The summed E-state index contributed by atoms with van der Waals surface area (Å²) in [4.78, 5) is 14.7. The van der Waals surface area contributed by atoms with Crippen LogP contribution in [-0.2, 0) is 11.2 Å². The normalized spacial score (nSPS) is 17.0. The summed E-state index contributed by atoms with van der Waals surface area (Å²) in [5.41, 5.74) is 4.30. The summed E-state index contributed by atoms with van der Waals surface area (Å²) in [6, 6.07) is 11.3. The first-order valence-corrected chi connectivity index (χ1v) is 8.68. The van der Waals surface area contributed by atoms with Crippen LogP contribution in [0.15, 0.2) is 36.4 Å². The van der Waals surface area contributed by atoms with E-state index in [1.54, 1.807) is 12.1 Å². The van der Waals surface area contributed by atoms with E-state index in [0.29, 0.717) is 5.56 Å². The van der Waals surface area contributed by atoms with Crippen molar-refractivity contribution in [2.24, 2.45) is 0 Å². The predicted molar refractivity (Wildman–Crippen MR) is 96.3 cm³/mol. The standard InChI is InChI=1S/C21H24FNO2/c1-14-9-15(2)11-17(10-14)19-5-4-8-23(19)21(24)13-16-6-7-20(25-3)18(22)12-16/h6-7,9-12,19H,4-5,8,13H2,1-3H3. The molecule has 4 heteroatoms. The number of carbonyl (C=O) groups is 1. The van der Waals surface area contributed by atoms with Gasteiger partial charge < -0.3 is 9.64 Å². The average molecular weight is 341 g/mol. The summed E-state index contributed by atoms with van der Waals surface area (Å²) < 4.78 is 18.8. The lowest BCUT2D eigenvalue weighted by Gasteiger charge is -2.26. The number of rotatable bonds is 4. The van der Waals surface area contributed by atoms with Crippen LogP contribution in [0.2, 0.25) is 0 Å². The van der Waals surface area contributed by atoms with E-state index >= 15 is 0 Å². The second-order valence-electron chi connectivity index (χ2n) is 6.81. The van der Waals surface area contributed by atoms with E-state index in [-0.39, 0.29) is 24.1 Å². The molecule has 1 unspecified atom stereocenters. The quantitative estimate of drug-likeness (QED) is 0.827. The van der Waals surface area contributed by atoms with Crippen molar-refractivity contribution in [3.8, 4) is 5.75 Å². The lowest BCUT2D eigenvalue weighted by atomic mass is 9.99. The number of hydrogen-bond donors (Lipinski definition) is 0. The van der Waals surface area contributed by atoms with Crippen molar-refractivity contribution in [1.29, 1.82) is 0 Å². The van der Waals surface area contributed by atoms with Crippen molar-refractivity contribution in [2.75, 3.05) is 13.7 Å². The lowest BCUT2D eigenvalue weighted by Crippen LogP contribution is -2.32. The van der Waals surface area contributed by atoms with E-state index in [1.165, 1.54) is 29.9 Å². The largest absolute Gasteiger partial charge is 0.494 e. The first-order valence-electron chi connectivity index (χ1n) is 8.68. The van der Waals surface area contributed by atoms with Crippen LogP contribution in [0.5, 0.6) is 5.75 Å². The molecule has 1 aliphatic rings. The molecule has 1 aliphatic heterocycles. The van der Waals surface area contributed by atoms with Crippen molar-refractivity contribution in [3.05, 3.63) is 64.5 Å². The van der Waals surface area contributed by atoms with E-state index in [9.17, 15) is 9.18 Å². The van der Waals surface area contributed by atoms with Gasteiger partial charge in [-0.2, -0.15) is 0 Å². The Hall–Kier alpha value is -2.36. The third kappa shape index (κ3) is 3.84. The van der Waals surface area contributed by atoms with Crippen molar-refractivity contribution >= 4 is 5.91 Å². The first-order chi connectivity index (χ1) is 12.0. The van der Waals surface area contributed by atoms with E-state index in [0.717, 1.165) is 19.4 Å². The zero-order valence-corrected chi connectivity index (χ0v) is 15.0. The smallest absolute Gasteiger partial charge is 0.227 e. The van der Waals surface area contributed by atoms with Gasteiger partial charge in [-0.3, -0.25) is 4.79 Å². The Morgan fingerprint density at radius 3 is 2.56 bits per heavy atom.